The Labute approximate surface area is 185 Å². The summed E-state index contributed by atoms with van der Waals surface area (Å²) in [5, 5.41) is 11.7. The molecule has 2 aromatic heterocycles. The van der Waals surface area contributed by atoms with Crippen LogP contribution >= 0.6 is 34.8 Å². The van der Waals surface area contributed by atoms with Crippen LogP contribution in [0.4, 0.5) is 10.1 Å². The number of benzene rings is 2. The Kier molecular flexibility index (Phi) is 5.76. The van der Waals surface area contributed by atoms with Crippen LogP contribution in [0.2, 0.25) is 15.1 Å². The van der Waals surface area contributed by atoms with Gasteiger partial charge in [-0.2, -0.15) is 5.10 Å². The van der Waals surface area contributed by atoms with Gasteiger partial charge in [0, 0.05) is 33.4 Å². The average Bonchev–Trinajstić information content (AvgIpc) is 3.35. The second-order valence-electron chi connectivity index (χ2n) is 6.28. The van der Waals surface area contributed by atoms with E-state index in [0.29, 0.717) is 37.6 Å². The highest BCUT2D eigenvalue weighted by molar-refractivity contribution is 6.36. The molecule has 10 heteroatoms. The van der Waals surface area contributed by atoms with Crippen molar-refractivity contribution in [2.75, 3.05) is 5.32 Å². The van der Waals surface area contributed by atoms with Crippen LogP contribution in [0.5, 0.6) is 0 Å². The summed E-state index contributed by atoms with van der Waals surface area (Å²) in [6, 6.07) is 10.8. The monoisotopic (exact) mass is 464 g/mol. The maximum absolute atomic E-state index is 13.9. The summed E-state index contributed by atoms with van der Waals surface area (Å²) in [7, 11) is 0. The first-order valence-corrected chi connectivity index (χ1v) is 9.73. The van der Waals surface area contributed by atoms with Crippen molar-refractivity contribution in [2.24, 2.45) is 0 Å². The van der Waals surface area contributed by atoms with Crippen molar-refractivity contribution < 1.29 is 13.7 Å². The highest BCUT2D eigenvalue weighted by Gasteiger charge is 2.17. The summed E-state index contributed by atoms with van der Waals surface area (Å²) in [6.07, 6.45) is 2.99. The molecule has 6 nitrogen and oxygen atoms in total. The van der Waals surface area contributed by atoms with Crippen molar-refractivity contribution in [3.63, 3.8) is 0 Å². The minimum atomic E-state index is -0.501. The predicted molar refractivity (Wildman–Crippen MR) is 113 cm³/mol. The van der Waals surface area contributed by atoms with E-state index in [9.17, 15) is 9.18 Å². The first-order valence-electron chi connectivity index (χ1n) is 8.59. The van der Waals surface area contributed by atoms with Gasteiger partial charge in [-0.15, -0.1) is 0 Å². The lowest BCUT2D eigenvalue weighted by Crippen LogP contribution is -2.11. The Bertz CT molecular complexity index is 1220. The summed E-state index contributed by atoms with van der Waals surface area (Å²) >= 11 is 18.1. The molecule has 0 unspecified atom stereocenters. The lowest BCUT2D eigenvalue weighted by atomic mass is 10.1. The molecule has 0 radical (unpaired) electrons. The highest BCUT2D eigenvalue weighted by atomic mass is 35.5. The topological polar surface area (TPSA) is 73.0 Å². The Balaban J connectivity index is 1.47. The highest BCUT2D eigenvalue weighted by Crippen LogP contribution is 2.30. The fourth-order valence-electron chi connectivity index (χ4n) is 2.75. The Hall–Kier alpha value is -2.87. The van der Waals surface area contributed by atoms with Gasteiger partial charge in [-0.25, -0.2) is 4.39 Å². The van der Waals surface area contributed by atoms with Gasteiger partial charge in [0.15, 0.2) is 11.5 Å². The van der Waals surface area contributed by atoms with Crippen molar-refractivity contribution in [1.29, 1.82) is 0 Å². The molecule has 4 rings (SSSR count). The zero-order valence-electron chi connectivity index (χ0n) is 15.1. The molecule has 0 aliphatic carbocycles. The van der Waals surface area contributed by atoms with E-state index in [4.69, 9.17) is 39.3 Å². The minimum Gasteiger partial charge on any atom is -0.355 e. The van der Waals surface area contributed by atoms with Crippen LogP contribution in [0.1, 0.15) is 16.1 Å². The van der Waals surface area contributed by atoms with Crippen molar-refractivity contribution >= 4 is 46.4 Å². The Morgan fingerprint density at radius 3 is 2.73 bits per heavy atom. The summed E-state index contributed by atoms with van der Waals surface area (Å²) < 4.78 is 20.6. The Morgan fingerprint density at radius 1 is 1.13 bits per heavy atom. The molecular weight excluding hydrogens is 454 g/mol. The van der Waals surface area contributed by atoms with Crippen LogP contribution in [0.25, 0.3) is 11.3 Å². The van der Waals surface area contributed by atoms with Crippen molar-refractivity contribution in [1.82, 2.24) is 14.9 Å². The van der Waals surface area contributed by atoms with Crippen molar-refractivity contribution in [2.45, 2.75) is 6.54 Å². The van der Waals surface area contributed by atoms with E-state index in [0.717, 1.165) is 0 Å². The van der Waals surface area contributed by atoms with Gasteiger partial charge >= 0.3 is 0 Å². The molecule has 152 valence electrons. The molecule has 1 amide bonds. The number of carbonyl (C=O) groups is 1. The molecule has 0 aliphatic heterocycles. The third-order valence-electron chi connectivity index (χ3n) is 4.21. The smallest absolute Gasteiger partial charge is 0.277 e. The number of hydrogen-bond donors (Lipinski definition) is 1. The van der Waals surface area contributed by atoms with E-state index >= 15 is 0 Å². The van der Waals surface area contributed by atoms with E-state index in [-0.39, 0.29) is 12.2 Å². The van der Waals surface area contributed by atoms with Gasteiger partial charge < -0.3 is 9.84 Å². The van der Waals surface area contributed by atoms with Gasteiger partial charge in [-0.05, 0) is 30.3 Å². The fourth-order valence-corrected chi connectivity index (χ4v) is 3.48. The standard InChI is InChI=1S/C20H12Cl3FN4O2/c21-11-4-5-13(16(23)6-11)19-7-18(27-30-19)20(29)26-12-8-25-28(9-12)10-14-15(22)2-1-3-17(14)24/h1-9H,10H2,(H,26,29). The number of anilines is 1. The van der Waals surface area contributed by atoms with Gasteiger partial charge in [-0.3, -0.25) is 9.48 Å². The van der Waals surface area contributed by atoms with E-state index in [1.165, 1.54) is 29.1 Å². The number of hydrogen-bond acceptors (Lipinski definition) is 4. The van der Waals surface area contributed by atoms with Crippen molar-refractivity contribution in [3.8, 4) is 11.3 Å². The maximum atomic E-state index is 13.9. The van der Waals surface area contributed by atoms with Crippen LogP contribution in [-0.2, 0) is 6.54 Å². The minimum absolute atomic E-state index is 0.0564. The number of nitrogens with one attached hydrogen (secondary N) is 1. The lowest BCUT2D eigenvalue weighted by molar-refractivity contribution is 0.101. The summed E-state index contributed by atoms with van der Waals surface area (Å²) in [5.74, 6) is -0.607. The number of amides is 1. The number of carbonyl (C=O) groups excluding carboxylic acids is 1. The lowest BCUT2D eigenvalue weighted by Gasteiger charge is -2.05. The van der Waals surface area contributed by atoms with E-state index in [2.05, 4.69) is 15.6 Å². The molecule has 0 bridgehead atoms. The number of halogens is 4. The average molecular weight is 466 g/mol. The second kappa shape index (κ2) is 8.47. The summed E-state index contributed by atoms with van der Waals surface area (Å²) in [6.45, 7) is 0.116. The summed E-state index contributed by atoms with van der Waals surface area (Å²) in [4.78, 5) is 12.5. The molecule has 0 atom stereocenters. The molecule has 2 heterocycles. The van der Waals surface area contributed by atoms with E-state index in [1.54, 1.807) is 30.5 Å². The molecule has 2 aromatic carbocycles. The van der Waals surface area contributed by atoms with Gasteiger partial charge in [0.2, 0.25) is 0 Å². The predicted octanol–water partition coefficient (Wildman–Crippen LogP) is 5.94. The van der Waals surface area contributed by atoms with Crippen LogP contribution in [0.3, 0.4) is 0 Å². The zero-order valence-corrected chi connectivity index (χ0v) is 17.3. The number of nitrogens with zero attached hydrogens (tertiary/aromatic N) is 3. The quantitative estimate of drug-likeness (QED) is 0.396. The third kappa shape index (κ3) is 4.33. The molecule has 0 spiro atoms. The van der Waals surface area contributed by atoms with Gasteiger partial charge in [-0.1, -0.05) is 46.0 Å². The molecular formula is C20H12Cl3FN4O2. The van der Waals surface area contributed by atoms with Gasteiger partial charge in [0.05, 0.1) is 23.5 Å². The Morgan fingerprint density at radius 2 is 1.97 bits per heavy atom. The molecule has 0 saturated heterocycles. The number of rotatable bonds is 5. The first kappa shape index (κ1) is 20.4. The summed E-state index contributed by atoms with van der Waals surface area (Å²) in [5.41, 5.74) is 1.32. The van der Waals surface area contributed by atoms with Gasteiger partial charge in [0.25, 0.3) is 5.91 Å². The SMILES string of the molecule is O=C(Nc1cnn(Cc2c(F)cccc2Cl)c1)c1cc(-c2ccc(Cl)cc2Cl)on1. The van der Waals surface area contributed by atoms with E-state index in [1.807, 2.05) is 0 Å². The first-order chi connectivity index (χ1) is 14.4. The molecule has 0 saturated carbocycles. The largest absolute Gasteiger partial charge is 0.355 e. The van der Waals surface area contributed by atoms with Crippen LogP contribution in [0, 0.1) is 5.82 Å². The fraction of sp³-hybridized carbons (Fsp3) is 0.0500. The zero-order chi connectivity index (χ0) is 21.3. The number of aromatic nitrogens is 3. The van der Waals surface area contributed by atoms with Crippen LogP contribution < -0.4 is 5.32 Å². The third-order valence-corrected chi connectivity index (χ3v) is 5.11. The van der Waals surface area contributed by atoms with Crippen LogP contribution in [-0.4, -0.2) is 20.8 Å². The van der Waals surface area contributed by atoms with Crippen LogP contribution in [0.15, 0.2) is 59.4 Å². The van der Waals surface area contributed by atoms with E-state index < -0.39 is 11.7 Å². The van der Waals surface area contributed by atoms with Gasteiger partial charge in [0.1, 0.15) is 5.82 Å². The molecule has 1 N–H and O–H groups in total. The molecule has 0 aliphatic rings. The van der Waals surface area contributed by atoms with Crippen molar-refractivity contribution in [3.05, 3.63) is 87.0 Å². The molecule has 0 fully saturated rings. The second-order valence-corrected chi connectivity index (χ2v) is 7.53. The molecule has 4 aromatic rings. The molecule has 30 heavy (non-hydrogen) atoms. The normalized spacial score (nSPS) is 10.9. The maximum Gasteiger partial charge on any atom is 0.277 e.